The number of piperazine rings is 1. The molecule has 1 unspecified atom stereocenters. The Morgan fingerprint density at radius 1 is 1.11 bits per heavy atom. The van der Waals surface area contributed by atoms with Gasteiger partial charge in [-0.15, -0.1) is 0 Å². The summed E-state index contributed by atoms with van der Waals surface area (Å²) in [4.78, 5) is 5.33. The van der Waals surface area contributed by atoms with Gasteiger partial charge in [0.15, 0.2) is 0 Å². The van der Waals surface area contributed by atoms with Crippen molar-refractivity contribution in [1.29, 1.82) is 0 Å². The van der Waals surface area contributed by atoms with E-state index in [1.165, 1.54) is 64.7 Å². The third-order valence-corrected chi connectivity index (χ3v) is 5.26. The van der Waals surface area contributed by atoms with Crippen LogP contribution in [0.5, 0.6) is 0 Å². The lowest BCUT2D eigenvalue weighted by atomic mass is 9.87. The third-order valence-electron chi connectivity index (χ3n) is 5.26. The first-order valence-corrected chi connectivity index (χ1v) is 7.91. The van der Waals surface area contributed by atoms with Gasteiger partial charge in [-0.25, -0.2) is 0 Å². The molecule has 1 aliphatic heterocycles. The van der Waals surface area contributed by atoms with Crippen LogP contribution in [0.4, 0.5) is 0 Å². The van der Waals surface area contributed by atoms with Crippen LogP contribution in [0.25, 0.3) is 0 Å². The Hall–Kier alpha value is -0.120. The van der Waals surface area contributed by atoms with Crippen molar-refractivity contribution in [3.63, 3.8) is 0 Å². The van der Waals surface area contributed by atoms with E-state index in [1.807, 2.05) is 0 Å². The number of nitrogens with zero attached hydrogens (tertiary/aromatic N) is 2. The van der Waals surface area contributed by atoms with E-state index in [9.17, 15) is 0 Å². The fraction of sp³-hybridized carbons (Fsp3) is 1.00. The Balaban J connectivity index is 2.03. The van der Waals surface area contributed by atoms with E-state index in [1.54, 1.807) is 0 Å². The van der Waals surface area contributed by atoms with Crippen LogP contribution < -0.4 is 5.73 Å². The van der Waals surface area contributed by atoms with Crippen molar-refractivity contribution in [2.75, 3.05) is 32.7 Å². The lowest BCUT2D eigenvalue weighted by Gasteiger charge is -2.49. The van der Waals surface area contributed by atoms with Crippen LogP contribution in [0.15, 0.2) is 0 Å². The highest BCUT2D eigenvalue weighted by Gasteiger charge is 2.38. The minimum absolute atomic E-state index is 0.324. The fourth-order valence-corrected chi connectivity index (χ4v) is 3.93. The number of likely N-dealkylation sites (N-methyl/N-ethyl adjacent to an activating group) is 1. The molecule has 1 saturated carbocycles. The summed E-state index contributed by atoms with van der Waals surface area (Å²) in [5, 5.41) is 0. The van der Waals surface area contributed by atoms with Crippen molar-refractivity contribution in [1.82, 2.24) is 9.80 Å². The van der Waals surface area contributed by atoms with Gasteiger partial charge in [-0.1, -0.05) is 32.6 Å². The monoisotopic (exact) mass is 253 g/mol. The molecule has 1 saturated heterocycles. The van der Waals surface area contributed by atoms with E-state index in [0.717, 1.165) is 6.54 Å². The Morgan fingerprint density at radius 2 is 1.78 bits per heavy atom. The topological polar surface area (TPSA) is 32.5 Å². The van der Waals surface area contributed by atoms with Crippen LogP contribution in [0.1, 0.15) is 52.4 Å². The van der Waals surface area contributed by atoms with Crippen molar-refractivity contribution in [2.45, 2.75) is 64.0 Å². The Bertz CT molecular complexity index is 246. The second kappa shape index (κ2) is 6.36. The number of nitrogens with two attached hydrogens (primary N) is 1. The van der Waals surface area contributed by atoms with Crippen LogP contribution in [-0.4, -0.2) is 54.1 Å². The molecule has 1 atom stereocenters. The third kappa shape index (κ3) is 2.89. The zero-order valence-corrected chi connectivity index (χ0v) is 12.3. The molecule has 2 aliphatic rings. The molecule has 0 aromatic heterocycles. The van der Waals surface area contributed by atoms with E-state index in [4.69, 9.17) is 5.73 Å². The van der Waals surface area contributed by atoms with E-state index < -0.39 is 0 Å². The summed E-state index contributed by atoms with van der Waals surface area (Å²) in [6.07, 6.45) is 8.21. The highest BCUT2D eigenvalue weighted by atomic mass is 15.3. The average molecular weight is 253 g/mol. The zero-order valence-electron chi connectivity index (χ0n) is 12.3. The lowest BCUT2D eigenvalue weighted by Crippen LogP contribution is -2.62. The van der Waals surface area contributed by atoms with E-state index in [0.29, 0.717) is 11.6 Å². The van der Waals surface area contributed by atoms with E-state index >= 15 is 0 Å². The predicted octanol–water partition coefficient (Wildman–Crippen LogP) is 2.06. The smallest absolute Gasteiger partial charge is 0.0332 e. The van der Waals surface area contributed by atoms with Gasteiger partial charge in [0.25, 0.3) is 0 Å². The summed E-state index contributed by atoms with van der Waals surface area (Å²) in [6.45, 7) is 10.3. The molecule has 2 rings (SSSR count). The molecule has 3 heteroatoms. The van der Waals surface area contributed by atoms with Crippen molar-refractivity contribution in [3.05, 3.63) is 0 Å². The molecule has 3 nitrogen and oxygen atoms in total. The number of rotatable bonds is 3. The summed E-state index contributed by atoms with van der Waals surface area (Å²) in [5.74, 6) is 0. The molecule has 1 heterocycles. The molecular weight excluding hydrogens is 222 g/mol. The quantitative estimate of drug-likeness (QED) is 0.782. The zero-order chi connectivity index (χ0) is 13.0. The van der Waals surface area contributed by atoms with Crippen LogP contribution in [0.2, 0.25) is 0 Å². The molecule has 0 bridgehead atoms. The second-order valence-corrected chi connectivity index (χ2v) is 6.27. The van der Waals surface area contributed by atoms with Gasteiger partial charge in [-0.3, -0.25) is 9.80 Å². The summed E-state index contributed by atoms with van der Waals surface area (Å²) >= 11 is 0. The molecule has 106 valence electrons. The van der Waals surface area contributed by atoms with Gasteiger partial charge in [-0.05, 0) is 26.3 Å². The largest absolute Gasteiger partial charge is 0.329 e. The highest BCUT2D eigenvalue weighted by Crippen LogP contribution is 2.33. The summed E-state index contributed by atoms with van der Waals surface area (Å²) < 4.78 is 0. The molecule has 18 heavy (non-hydrogen) atoms. The minimum atomic E-state index is 0.324. The van der Waals surface area contributed by atoms with Gasteiger partial charge in [-0.2, -0.15) is 0 Å². The molecule has 0 aromatic rings. The lowest BCUT2D eigenvalue weighted by molar-refractivity contribution is 0.00202. The minimum Gasteiger partial charge on any atom is -0.329 e. The standard InChI is InChI=1S/C15H31N3/c1-3-17-10-11-18(12-14(17)2)15(13-16)8-6-4-5-7-9-15/h14H,3-13,16H2,1-2H3. The predicted molar refractivity (Wildman–Crippen MR) is 77.8 cm³/mol. The number of hydrogen-bond donors (Lipinski definition) is 1. The SMILES string of the molecule is CCN1CCN(C2(CN)CCCCCC2)CC1C. The maximum absolute atomic E-state index is 6.20. The van der Waals surface area contributed by atoms with Crippen molar-refractivity contribution >= 4 is 0 Å². The van der Waals surface area contributed by atoms with Crippen molar-refractivity contribution < 1.29 is 0 Å². The van der Waals surface area contributed by atoms with Crippen LogP contribution in [0.3, 0.4) is 0 Å². The van der Waals surface area contributed by atoms with Crippen molar-refractivity contribution in [2.24, 2.45) is 5.73 Å². The summed E-state index contributed by atoms with van der Waals surface area (Å²) in [5.41, 5.74) is 6.52. The Labute approximate surface area is 113 Å². The van der Waals surface area contributed by atoms with E-state index in [2.05, 4.69) is 23.6 Å². The van der Waals surface area contributed by atoms with Crippen LogP contribution >= 0.6 is 0 Å². The Morgan fingerprint density at radius 3 is 2.28 bits per heavy atom. The first-order valence-electron chi connectivity index (χ1n) is 7.91. The average Bonchev–Trinajstić information content (AvgIpc) is 2.65. The maximum Gasteiger partial charge on any atom is 0.0332 e. The van der Waals surface area contributed by atoms with Crippen LogP contribution in [0, 0.1) is 0 Å². The summed E-state index contributed by atoms with van der Waals surface area (Å²) in [7, 11) is 0. The van der Waals surface area contributed by atoms with Gasteiger partial charge in [0, 0.05) is 37.8 Å². The maximum atomic E-state index is 6.20. The first-order chi connectivity index (χ1) is 8.72. The molecule has 0 spiro atoms. The highest BCUT2D eigenvalue weighted by molar-refractivity contribution is 4.96. The molecule has 2 N–H and O–H groups in total. The van der Waals surface area contributed by atoms with Gasteiger partial charge in [0.05, 0.1) is 0 Å². The summed E-state index contributed by atoms with van der Waals surface area (Å²) in [6, 6.07) is 0.690. The van der Waals surface area contributed by atoms with Crippen molar-refractivity contribution in [3.8, 4) is 0 Å². The van der Waals surface area contributed by atoms with E-state index in [-0.39, 0.29) is 0 Å². The normalized spacial score (nSPS) is 31.2. The van der Waals surface area contributed by atoms with Crippen LogP contribution in [-0.2, 0) is 0 Å². The second-order valence-electron chi connectivity index (χ2n) is 6.27. The Kier molecular flexibility index (Phi) is 5.05. The van der Waals surface area contributed by atoms with Gasteiger partial charge in [0.2, 0.25) is 0 Å². The molecular formula is C15H31N3. The molecule has 1 aliphatic carbocycles. The molecule has 0 radical (unpaired) electrons. The van der Waals surface area contributed by atoms with Gasteiger partial charge < -0.3 is 5.73 Å². The molecule has 0 amide bonds. The van der Waals surface area contributed by atoms with Gasteiger partial charge in [0.1, 0.15) is 0 Å². The van der Waals surface area contributed by atoms with Gasteiger partial charge >= 0.3 is 0 Å². The first kappa shape index (κ1) is 14.3. The number of hydrogen-bond acceptors (Lipinski definition) is 3. The molecule has 0 aromatic carbocycles. The molecule has 2 fully saturated rings. The fourth-order valence-electron chi connectivity index (χ4n) is 3.93.